The van der Waals surface area contributed by atoms with Crippen molar-refractivity contribution in [1.82, 2.24) is 14.8 Å². The maximum absolute atomic E-state index is 12.6. The highest BCUT2D eigenvalue weighted by Gasteiger charge is 2.31. The van der Waals surface area contributed by atoms with Crippen LogP contribution < -0.4 is 10.9 Å². The van der Waals surface area contributed by atoms with Gasteiger partial charge in [0.25, 0.3) is 5.56 Å². The first-order chi connectivity index (χ1) is 12.7. The average Bonchev–Trinajstić information content (AvgIpc) is 3.05. The third-order valence-electron chi connectivity index (χ3n) is 4.00. The predicted octanol–water partition coefficient (Wildman–Crippen LogP) is 2.86. The van der Waals surface area contributed by atoms with Crippen molar-refractivity contribution in [3.63, 3.8) is 0 Å². The van der Waals surface area contributed by atoms with Gasteiger partial charge in [-0.15, -0.1) is 0 Å². The molecule has 2 aromatic rings. The van der Waals surface area contributed by atoms with Crippen LogP contribution in [0.4, 0.5) is 18.9 Å². The van der Waals surface area contributed by atoms with Crippen LogP contribution in [-0.4, -0.2) is 40.3 Å². The summed E-state index contributed by atoms with van der Waals surface area (Å²) in [6, 6.07) is 1.87. The lowest BCUT2D eigenvalue weighted by molar-refractivity contribution is -0.144. The summed E-state index contributed by atoms with van der Waals surface area (Å²) in [6.07, 6.45) is -2.06. The van der Waals surface area contributed by atoms with Crippen LogP contribution in [0.5, 0.6) is 0 Å². The molecule has 1 aliphatic heterocycles. The Kier molecular flexibility index (Phi) is 5.41. The van der Waals surface area contributed by atoms with Gasteiger partial charge in [-0.1, -0.05) is 11.6 Å². The van der Waals surface area contributed by atoms with Crippen molar-refractivity contribution in [2.24, 2.45) is 0 Å². The highest BCUT2D eigenvalue weighted by Crippen LogP contribution is 2.28. The molecule has 7 nitrogen and oxygen atoms in total. The fraction of sp³-hybridized carbons (Fsp3) is 0.438. The van der Waals surface area contributed by atoms with E-state index < -0.39 is 23.1 Å². The van der Waals surface area contributed by atoms with Crippen molar-refractivity contribution in [2.45, 2.75) is 25.3 Å². The van der Waals surface area contributed by atoms with Crippen LogP contribution in [0.3, 0.4) is 0 Å². The van der Waals surface area contributed by atoms with Crippen LogP contribution >= 0.6 is 11.6 Å². The van der Waals surface area contributed by atoms with Gasteiger partial charge in [0.05, 0.1) is 30.7 Å². The molecule has 0 atom stereocenters. The van der Waals surface area contributed by atoms with Crippen LogP contribution in [-0.2, 0) is 15.7 Å². The number of hydrogen-bond donors (Lipinski definition) is 1. The van der Waals surface area contributed by atoms with E-state index in [1.54, 1.807) is 0 Å². The predicted molar refractivity (Wildman–Crippen MR) is 91.1 cm³/mol. The van der Waals surface area contributed by atoms with E-state index in [0.29, 0.717) is 38.1 Å². The molecule has 0 spiro atoms. The van der Waals surface area contributed by atoms with E-state index in [4.69, 9.17) is 21.1 Å². The third kappa shape index (κ3) is 4.40. The normalized spacial score (nSPS) is 16.5. The highest BCUT2D eigenvalue weighted by atomic mass is 35.5. The number of rotatable bonds is 5. The topological polar surface area (TPSA) is 78.3 Å². The van der Waals surface area contributed by atoms with Gasteiger partial charge in [0, 0.05) is 19.2 Å². The summed E-state index contributed by atoms with van der Waals surface area (Å²) in [5.41, 5.74) is -1.33. The van der Waals surface area contributed by atoms with Crippen molar-refractivity contribution in [3.05, 3.63) is 45.5 Å². The summed E-state index contributed by atoms with van der Waals surface area (Å²) in [5.74, 6) is -0.756. The van der Waals surface area contributed by atoms with Gasteiger partial charge in [-0.25, -0.2) is 4.98 Å². The number of pyridine rings is 1. The Bertz CT molecular complexity index is 865. The standard InChI is InChI=1S/C16H16ClF3N4O3/c1-15(26-6-7-27-15)4-5-21-11-9-23-24(14(25)13(11)17)12-3-2-10(8-22-12)16(18,19)20/h2-3,8-9,21H,4-7H2,1H3. The van der Waals surface area contributed by atoms with Gasteiger partial charge in [0.15, 0.2) is 11.6 Å². The first kappa shape index (κ1) is 19.6. The number of ether oxygens (including phenoxy) is 2. The molecule has 0 amide bonds. The van der Waals surface area contributed by atoms with E-state index in [0.717, 1.165) is 16.8 Å². The van der Waals surface area contributed by atoms with Gasteiger partial charge in [-0.2, -0.15) is 23.0 Å². The van der Waals surface area contributed by atoms with Gasteiger partial charge in [-0.3, -0.25) is 4.79 Å². The number of alkyl halides is 3. The number of nitrogens with one attached hydrogen (secondary N) is 1. The molecule has 1 aliphatic rings. The number of halogens is 4. The highest BCUT2D eigenvalue weighted by molar-refractivity contribution is 6.32. The van der Waals surface area contributed by atoms with Gasteiger partial charge < -0.3 is 14.8 Å². The average molecular weight is 405 g/mol. The lowest BCUT2D eigenvalue weighted by Gasteiger charge is -2.22. The van der Waals surface area contributed by atoms with E-state index in [-0.39, 0.29) is 10.8 Å². The van der Waals surface area contributed by atoms with Crippen molar-refractivity contribution in [3.8, 4) is 5.82 Å². The maximum Gasteiger partial charge on any atom is 0.417 e. The number of aromatic nitrogens is 3. The molecule has 11 heteroatoms. The summed E-state index contributed by atoms with van der Waals surface area (Å²) in [5, 5.41) is 6.75. The molecule has 3 rings (SSSR count). The Morgan fingerprint density at radius 3 is 2.59 bits per heavy atom. The Hall–Kier alpha value is -2.17. The second kappa shape index (κ2) is 7.45. The molecule has 0 bridgehead atoms. The largest absolute Gasteiger partial charge is 0.417 e. The minimum Gasteiger partial charge on any atom is -0.382 e. The molecular formula is C16H16ClF3N4O3. The molecule has 3 heterocycles. The minimum absolute atomic E-state index is 0.0679. The van der Waals surface area contributed by atoms with E-state index in [1.165, 1.54) is 6.20 Å². The van der Waals surface area contributed by atoms with Crippen molar-refractivity contribution in [2.75, 3.05) is 25.1 Å². The molecule has 0 radical (unpaired) electrons. The maximum atomic E-state index is 12.6. The lowest BCUT2D eigenvalue weighted by atomic mass is 10.2. The van der Waals surface area contributed by atoms with Gasteiger partial charge >= 0.3 is 6.18 Å². The SMILES string of the molecule is CC1(CCNc2cnn(-c3ccc(C(F)(F)F)cn3)c(=O)c2Cl)OCCO1. The second-order valence-corrected chi connectivity index (χ2v) is 6.38. The molecule has 1 N–H and O–H groups in total. The van der Waals surface area contributed by atoms with Crippen LogP contribution in [0.2, 0.25) is 5.02 Å². The fourth-order valence-electron chi connectivity index (χ4n) is 2.52. The molecule has 146 valence electrons. The molecule has 0 aromatic carbocycles. The van der Waals surface area contributed by atoms with Crippen LogP contribution in [0.1, 0.15) is 18.9 Å². The molecule has 0 aliphatic carbocycles. The monoisotopic (exact) mass is 404 g/mol. The van der Waals surface area contributed by atoms with Gasteiger partial charge in [0.2, 0.25) is 0 Å². The Morgan fingerprint density at radius 1 is 1.30 bits per heavy atom. The van der Waals surface area contributed by atoms with Gasteiger partial charge in [-0.05, 0) is 19.1 Å². The van der Waals surface area contributed by atoms with Crippen molar-refractivity contribution in [1.29, 1.82) is 0 Å². The summed E-state index contributed by atoms with van der Waals surface area (Å²) in [7, 11) is 0. The Morgan fingerprint density at radius 2 is 2.00 bits per heavy atom. The first-order valence-corrected chi connectivity index (χ1v) is 8.41. The summed E-state index contributed by atoms with van der Waals surface area (Å²) in [4.78, 5) is 16.0. The number of anilines is 1. The first-order valence-electron chi connectivity index (χ1n) is 8.03. The fourth-order valence-corrected chi connectivity index (χ4v) is 2.72. The van der Waals surface area contributed by atoms with Crippen molar-refractivity contribution >= 4 is 17.3 Å². The zero-order valence-corrected chi connectivity index (χ0v) is 15.0. The Balaban J connectivity index is 1.74. The molecular weight excluding hydrogens is 389 g/mol. The van der Waals surface area contributed by atoms with Crippen LogP contribution in [0, 0.1) is 0 Å². The summed E-state index contributed by atoms with van der Waals surface area (Å²) >= 11 is 6.08. The zero-order chi connectivity index (χ0) is 19.7. The Labute approximate surface area is 157 Å². The summed E-state index contributed by atoms with van der Waals surface area (Å²) in [6.45, 7) is 3.28. The molecule has 1 fully saturated rings. The molecule has 0 saturated carbocycles. The third-order valence-corrected chi connectivity index (χ3v) is 4.37. The second-order valence-electron chi connectivity index (χ2n) is 6.00. The van der Waals surface area contributed by atoms with E-state index in [9.17, 15) is 18.0 Å². The number of hydrogen-bond acceptors (Lipinski definition) is 6. The van der Waals surface area contributed by atoms with E-state index in [1.807, 2.05) is 6.92 Å². The molecule has 2 aromatic heterocycles. The van der Waals surface area contributed by atoms with Crippen LogP contribution in [0.15, 0.2) is 29.3 Å². The van der Waals surface area contributed by atoms with Crippen molar-refractivity contribution < 1.29 is 22.6 Å². The molecule has 27 heavy (non-hydrogen) atoms. The number of nitrogens with zero attached hydrogens (tertiary/aromatic N) is 3. The quantitative estimate of drug-likeness (QED) is 0.825. The van der Waals surface area contributed by atoms with E-state index in [2.05, 4.69) is 15.4 Å². The molecule has 1 saturated heterocycles. The summed E-state index contributed by atoms with van der Waals surface area (Å²) < 4.78 is 49.6. The lowest BCUT2D eigenvalue weighted by Crippen LogP contribution is -2.29. The zero-order valence-electron chi connectivity index (χ0n) is 14.2. The van der Waals surface area contributed by atoms with Crippen LogP contribution in [0.25, 0.3) is 5.82 Å². The minimum atomic E-state index is -4.52. The van der Waals surface area contributed by atoms with E-state index >= 15 is 0 Å². The molecule has 0 unspecified atom stereocenters. The smallest absolute Gasteiger partial charge is 0.382 e. The van der Waals surface area contributed by atoms with Gasteiger partial charge in [0.1, 0.15) is 5.02 Å².